The second kappa shape index (κ2) is 5.62. The van der Waals surface area contributed by atoms with E-state index in [0.717, 1.165) is 17.9 Å². The molecule has 4 nitrogen and oxygen atoms in total. The van der Waals surface area contributed by atoms with E-state index in [2.05, 4.69) is 42.3 Å². The summed E-state index contributed by atoms with van der Waals surface area (Å²) in [6.07, 6.45) is 4.14. The highest BCUT2D eigenvalue weighted by Crippen LogP contribution is 2.56. The van der Waals surface area contributed by atoms with Crippen LogP contribution < -0.4 is 10.2 Å². The van der Waals surface area contributed by atoms with Gasteiger partial charge in [-0.1, -0.05) is 38.1 Å². The number of rotatable bonds is 3. The summed E-state index contributed by atoms with van der Waals surface area (Å²) in [5.41, 5.74) is 3.52. The minimum absolute atomic E-state index is 0.0180. The van der Waals surface area contributed by atoms with Crippen LogP contribution in [0, 0.1) is 5.92 Å². The van der Waals surface area contributed by atoms with Crippen molar-refractivity contribution in [3.63, 3.8) is 0 Å². The summed E-state index contributed by atoms with van der Waals surface area (Å²) in [6.45, 7) is 5.02. The lowest BCUT2D eigenvalue weighted by atomic mass is 9.99. The quantitative estimate of drug-likeness (QED) is 0.927. The highest BCUT2D eigenvalue weighted by Gasteiger charge is 2.52. The van der Waals surface area contributed by atoms with Gasteiger partial charge >= 0.3 is 6.03 Å². The van der Waals surface area contributed by atoms with Crippen LogP contribution in [0.25, 0.3) is 0 Å². The Morgan fingerprint density at radius 2 is 1.92 bits per heavy atom. The molecular formula is C20H23N3O. The largest absolute Gasteiger partial charge is 0.329 e. The van der Waals surface area contributed by atoms with Crippen LogP contribution in [0.1, 0.15) is 44.0 Å². The summed E-state index contributed by atoms with van der Waals surface area (Å²) in [7, 11) is 0. The van der Waals surface area contributed by atoms with Gasteiger partial charge in [-0.3, -0.25) is 9.88 Å². The van der Waals surface area contributed by atoms with Crippen molar-refractivity contribution in [1.29, 1.82) is 0 Å². The van der Waals surface area contributed by atoms with E-state index in [4.69, 9.17) is 0 Å². The van der Waals surface area contributed by atoms with E-state index < -0.39 is 0 Å². The number of nitrogens with zero attached hydrogens (tertiary/aromatic N) is 2. The molecule has 2 aliphatic rings. The van der Waals surface area contributed by atoms with Gasteiger partial charge in [-0.15, -0.1) is 0 Å². The third kappa shape index (κ3) is 2.46. The molecular weight excluding hydrogens is 298 g/mol. The van der Waals surface area contributed by atoms with Gasteiger partial charge in [0.1, 0.15) is 0 Å². The number of urea groups is 1. The minimum atomic E-state index is -0.0818. The van der Waals surface area contributed by atoms with E-state index in [9.17, 15) is 4.79 Å². The Kier molecular flexibility index (Phi) is 3.56. The molecule has 1 N–H and O–H groups in total. The Hall–Kier alpha value is -2.36. The molecule has 4 rings (SSSR count). The van der Waals surface area contributed by atoms with Gasteiger partial charge in [0.2, 0.25) is 0 Å². The lowest BCUT2D eigenvalue weighted by Gasteiger charge is -2.26. The smallest absolute Gasteiger partial charge is 0.322 e. The normalized spacial score (nSPS) is 18.5. The predicted molar refractivity (Wildman–Crippen MR) is 95.0 cm³/mol. The van der Waals surface area contributed by atoms with E-state index in [1.165, 1.54) is 18.4 Å². The molecule has 24 heavy (non-hydrogen) atoms. The van der Waals surface area contributed by atoms with E-state index in [0.29, 0.717) is 0 Å². The topological polar surface area (TPSA) is 45.2 Å². The van der Waals surface area contributed by atoms with Gasteiger partial charge in [-0.25, -0.2) is 4.79 Å². The Morgan fingerprint density at radius 1 is 1.17 bits per heavy atom. The molecule has 1 aliphatic carbocycles. The first-order valence-electron chi connectivity index (χ1n) is 8.69. The molecule has 0 bridgehead atoms. The van der Waals surface area contributed by atoms with Crippen LogP contribution in [-0.2, 0) is 5.41 Å². The summed E-state index contributed by atoms with van der Waals surface area (Å²) in [4.78, 5) is 19.3. The number of amides is 2. The van der Waals surface area contributed by atoms with Crippen molar-refractivity contribution in [3.05, 3.63) is 59.9 Å². The Bertz CT molecular complexity index is 752. The second-order valence-electron chi connectivity index (χ2n) is 7.31. The molecule has 1 aromatic carbocycles. The zero-order valence-corrected chi connectivity index (χ0v) is 14.2. The third-order valence-electron chi connectivity index (χ3n) is 5.28. The van der Waals surface area contributed by atoms with Gasteiger partial charge in [-0.2, -0.15) is 0 Å². The molecule has 1 fully saturated rings. The maximum absolute atomic E-state index is 13.0. The minimum Gasteiger partial charge on any atom is -0.329 e. The summed E-state index contributed by atoms with van der Waals surface area (Å²) in [5.74, 6) is 0.275. The lowest BCUT2D eigenvalue weighted by Crippen LogP contribution is -2.43. The number of hydrogen-bond acceptors (Lipinski definition) is 2. The average Bonchev–Trinajstić information content (AvgIpc) is 3.30. The maximum atomic E-state index is 13.0. The SMILES string of the molecule is CC(C)C(NC(=O)N1CC2(CC2)c2ccccc21)c1ccccn1. The molecule has 1 spiro atoms. The first-order chi connectivity index (χ1) is 11.6. The van der Waals surface area contributed by atoms with E-state index >= 15 is 0 Å². The molecule has 1 unspecified atom stereocenters. The second-order valence-corrected chi connectivity index (χ2v) is 7.31. The third-order valence-corrected chi connectivity index (χ3v) is 5.28. The zero-order chi connectivity index (χ0) is 16.7. The molecule has 2 heterocycles. The van der Waals surface area contributed by atoms with Crippen LogP contribution in [0.15, 0.2) is 48.7 Å². The molecule has 1 aromatic heterocycles. The highest BCUT2D eigenvalue weighted by atomic mass is 16.2. The number of anilines is 1. The molecule has 2 aromatic rings. The fourth-order valence-corrected chi connectivity index (χ4v) is 3.74. The van der Waals surface area contributed by atoms with Crippen molar-refractivity contribution in [3.8, 4) is 0 Å². The fraction of sp³-hybridized carbons (Fsp3) is 0.400. The van der Waals surface area contributed by atoms with Crippen molar-refractivity contribution < 1.29 is 4.79 Å². The molecule has 2 amide bonds. The predicted octanol–water partition coefficient (Wildman–Crippen LogP) is 4.04. The van der Waals surface area contributed by atoms with Gasteiger partial charge in [0.05, 0.1) is 11.7 Å². The van der Waals surface area contributed by atoms with E-state index in [1.807, 2.05) is 29.2 Å². The van der Waals surface area contributed by atoms with Crippen LogP contribution in [0.5, 0.6) is 0 Å². The van der Waals surface area contributed by atoms with Crippen molar-refractivity contribution in [2.75, 3.05) is 11.4 Å². The van der Waals surface area contributed by atoms with E-state index in [-0.39, 0.29) is 23.4 Å². The van der Waals surface area contributed by atoms with Crippen molar-refractivity contribution in [2.45, 2.75) is 38.1 Å². The molecule has 1 atom stereocenters. The molecule has 1 saturated carbocycles. The summed E-state index contributed by atoms with van der Waals surface area (Å²) >= 11 is 0. The van der Waals surface area contributed by atoms with Crippen molar-refractivity contribution >= 4 is 11.7 Å². The number of aromatic nitrogens is 1. The van der Waals surface area contributed by atoms with Gasteiger partial charge in [0, 0.05) is 23.8 Å². The Labute approximate surface area is 142 Å². The number of nitrogens with one attached hydrogen (secondary N) is 1. The number of carbonyl (C=O) groups excluding carboxylic acids is 1. The van der Waals surface area contributed by atoms with Crippen LogP contribution in [-0.4, -0.2) is 17.6 Å². The first-order valence-corrected chi connectivity index (χ1v) is 8.69. The summed E-state index contributed by atoms with van der Waals surface area (Å²) in [6, 6.07) is 14.1. The number of para-hydroxylation sites is 1. The van der Waals surface area contributed by atoms with Crippen LogP contribution in [0.2, 0.25) is 0 Å². The average molecular weight is 321 g/mol. The standard InChI is InChI=1S/C20H23N3O/c1-14(2)18(16-8-5-6-12-21-16)22-19(24)23-13-20(10-11-20)15-7-3-4-9-17(15)23/h3-9,12,14,18H,10-11,13H2,1-2H3,(H,22,24). The number of fused-ring (bicyclic) bond motifs is 2. The fourth-order valence-electron chi connectivity index (χ4n) is 3.74. The van der Waals surface area contributed by atoms with Crippen LogP contribution in [0.4, 0.5) is 10.5 Å². The van der Waals surface area contributed by atoms with Gasteiger partial charge in [-0.05, 0) is 42.5 Å². The first kappa shape index (κ1) is 15.2. The molecule has 124 valence electrons. The zero-order valence-electron chi connectivity index (χ0n) is 14.2. The lowest BCUT2D eigenvalue weighted by molar-refractivity contribution is 0.238. The number of pyridine rings is 1. The summed E-state index contributed by atoms with van der Waals surface area (Å²) in [5, 5.41) is 3.21. The van der Waals surface area contributed by atoms with Gasteiger partial charge < -0.3 is 5.32 Å². The maximum Gasteiger partial charge on any atom is 0.322 e. The van der Waals surface area contributed by atoms with Crippen LogP contribution in [0.3, 0.4) is 0 Å². The highest BCUT2D eigenvalue weighted by molar-refractivity contribution is 5.95. The Balaban J connectivity index is 1.58. The number of benzene rings is 1. The van der Waals surface area contributed by atoms with Crippen molar-refractivity contribution in [2.24, 2.45) is 5.92 Å². The van der Waals surface area contributed by atoms with Gasteiger partial charge in [0.15, 0.2) is 0 Å². The van der Waals surface area contributed by atoms with E-state index in [1.54, 1.807) is 6.20 Å². The molecule has 0 saturated heterocycles. The van der Waals surface area contributed by atoms with Crippen LogP contribution >= 0.6 is 0 Å². The molecule has 4 heteroatoms. The number of carbonyl (C=O) groups is 1. The van der Waals surface area contributed by atoms with Gasteiger partial charge in [0.25, 0.3) is 0 Å². The van der Waals surface area contributed by atoms with Crippen molar-refractivity contribution in [1.82, 2.24) is 10.3 Å². The molecule has 1 aliphatic heterocycles. The number of hydrogen-bond donors (Lipinski definition) is 1. The summed E-state index contributed by atoms with van der Waals surface area (Å²) < 4.78 is 0. The molecule has 0 radical (unpaired) electrons. The Morgan fingerprint density at radius 3 is 2.58 bits per heavy atom. The monoisotopic (exact) mass is 321 g/mol.